The van der Waals surface area contributed by atoms with Gasteiger partial charge in [-0.15, -0.1) is 6.58 Å². The van der Waals surface area contributed by atoms with E-state index in [0.717, 1.165) is 12.8 Å². The van der Waals surface area contributed by atoms with Gasteiger partial charge in [0.1, 0.15) is 6.10 Å². The monoisotopic (exact) mass is 200 g/mol. The summed E-state index contributed by atoms with van der Waals surface area (Å²) in [6, 6.07) is 0. The number of rotatable bonds is 7. The first-order valence-corrected chi connectivity index (χ1v) is 4.86. The lowest BCUT2D eigenvalue weighted by Crippen LogP contribution is -2.43. The van der Waals surface area contributed by atoms with Gasteiger partial charge < -0.3 is 4.74 Å². The summed E-state index contributed by atoms with van der Waals surface area (Å²) in [5.41, 5.74) is 2.10. The van der Waals surface area contributed by atoms with Crippen LogP contribution in [0.4, 0.5) is 0 Å². The minimum Gasteiger partial charge on any atom is -0.368 e. The summed E-state index contributed by atoms with van der Waals surface area (Å²) in [5.74, 6) is 4.91. The molecule has 3 N–H and O–H groups in total. The number of amides is 1. The molecule has 0 saturated carbocycles. The molecule has 0 aromatic heterocycles. The van der Waals surface area contributed by atoms with Crippen molar-refractivity contribution in [2.45, 2.75) is 32.8 Å². The van der Waals surface area contributed by atoms with Gasteiger partial charge in [-0.2, -0.15) is 0 Å². The summed E-state index contributed by atoms with van der Waals surface area (Å²) in [4.78, 5) is 11.2. The van der Waals surface area contributed by atoms with Gasteiger partial charge in [-0.3, -0.25) is 10.2 Å². The van der Waals surface area contributed by atoms with Crippen molar-refractivity contribution in [1.29, 1.82) is 0 Å². The van der Waals surface area contributed by atoms with Crippen molar-refractivity contribution in [3.8, 4) is 0 Å². The highest BCUT2D eigenvalue weighted by Gasteiger charge is 2.21. The molecule has 1 amide bonds. The highest BCUT2D eigenvalue weighted by atomic mass is 16.5. The number of hydrogen-bond acceptors (Lipinski definition) is 3. The summed E-state index contributed by atoms with van der Waals surface area (Å²) >= 11 is 0. The lowest BCUT2D eigenvalue weighted by atomic mass is 10.1. The third-order valence-corrected chi connectivity index (χ3v) is 1.86. The normalized spacial score (nSPS) is 12.6. The van der Waals surface area contributed by atoms with Crippen LogP contribution in [0, 0.1) is 5.92 Å². The standard InChI is InChI=1S/C10H20N2O2/c1-4-5-6-7-14-9(8(2)3)10(13)12-11/h4,8-9H,1,5-7,11H2,2-3H3,(H,12,13). The smallest absolute Gasteiger partial charge is 0.263 e. The van der Waals surface area contributed by atoms with E-state index in [1.54, 1.807) is 0 Å². The Balaban J connectivity index is 3.85. The van der Waals surface area contributed by atoms with Gasteiger partial charge in [0.05, 0.1) is 0 Å². The Labute approximate surface area is 85.5 Å². The topological polar surface area (TPSA) is 64.3 Å². The van der Waals surface area contributed by atoms with E-state index in [0.29, 0.717) is 6.61 Å². The molecule has 0 fully saturated rings. The van der Waals surface area contributed by atoms with Crippen LogP contribution in [-0.2, 0) is 9.53 Å². The first-order valence-electron chi connectivity index (χ1n) is 4.86. The fraction of sp³-hybridized carbons (Fsp3) is 0.700. The average Bonchev–Trinajstić information content (AvgIpc) is 2.16. The van der Waals surface area contributed by atoms with Crippen molar-refractivity contribution in [3.05, 3.63) is 12.7 Å². The maximum Gasteiger partial charge on any atom is 0.263 e. The maximum atomic E-state index is 11.2. The average molecular weight is 200 g/mol. The van der Waals surface area contributed by atoms with Crippen LogP contribution in [0.2, 0.25) is 0 Å². The lowest BCUT2D eigenvalue weighted by Gasteiger charge is -2.19. The molecule has 0 aromatic rings. The predicted octanol–water partition coefficient (Wildman–Crippen LogP) is 0.984. The molecule has 0 radical (unpaired) electrons. The molecule has 1 unspecified atom stereocenters. The van der Waals surface area contributed by atoms with Crippen molar-refractivity contribution in [2.75, 3.05) is 6.61 Å². The summed E-state index contributed by atoms with van der Waals surface area (Å²) < 4.78 is 5.42. The van der Waals surface area contributed by atoms with Crippen molar-refractivity contribution in [1.82, 2.24) is 5.43 Å². The number of hydrogen-bond donors (Lipinski definition) is 2. The molecule has 0 heterocycles. The second kappa shape index (κ2) is 7.53. The minimum atomic E-state index is -0.454. The molecule has 0 spiro atoms. The van der Waals surface area contributed by atoms with Crippen LogP contribution < -0.4 is 11.3 Å². The lowest BCUT2D eigenvalue weighted by molar-refractivity contribution is -0.135. The number of hydrazine groups is 1. The Kier molecular flexibility index (Phi) is 7.06. The van der Waals surface area contributed by atoms with E-state index in [1.807, 2.05) is 19.9 Å². The zero-order valence-electron chi connectivity index (χ0n) is 8.95. The van der Waals surface area contributed by atoms with Gasteiger partial charge in [0.2, 0.25) is 0 Å². The zero-order chi connectivity index (χ0) is 11.0. The van der Waals surface area contributed by atoms with E-state index >= 15 is 0 Å². The molecule has 0 aromatic carbocycles. The van der Waals surface area contributed by atoms with Crippen LogP contribution in [0.15, 0.2) is 12.7 Å². The molecule has 0 rings (SSSR count). The SMILES string of the molecule is C=CCCCOC(C(=O)NN)C(C)C. The minimum absolute atomic E-state index is 0.127. The molecule has 0 aliphatic heterocycles. The Bertz CT molecular complexity index is 181. The van der Waals surface area contributed by atoms with E-state index in [1.165, 1.54) is 0 Å². The van der Waals surface area contributed by atoms with Crippen LogP contribution in [0.5, 0.6) is 0 Å². The van der Waals surface area contributed by atoms with Crippen molar-refractivity contribution < 1.29 is 9.53 Å². The quantitative estimate of drug-likeness (QED) is 0.212. The van der Waals surface area contributed by atoms with E-state index in [-0.39, 0.29) is 11.8 Å². The van der Waals surface area contributed by atoms with Gasteiger partial charge in [-0.25, -0.2) is 5.84 Å². The van der Waals surface area contributed by atoms with Crippen LogP contribution in [-0.4, -0.2) is 18.6 Å². The van der Waals surface area contributed by atoms with E-state index in [2.05, 4.69) is 12.0 Å². The van der Waals surface area contributed by atoms with Crippen molar-refractivity contribution in [2.24, 2.45) is 11.8 Å². The predicted molar refractivity (Wildman–Crippen MR) is 56.3 cm³/mol. The van der Waals surface area contributed by atoms with Crippen LogP contribution >= 0.6 is 0 Å². The molecule has 0 saturated heterocycles. The molecular weight excluding hydrogens is 180 g/mol. The Hall–Kier alpha value is -0.870. The number of unbranched alkanes of at least 4 members (excludes halogenated alkanes) is 1. The van der Waals surface area contributed by atoms with Gasteiger partial charge in [-0.1, -0.05) is 19.9 Å². The zero-order valence-corrected chi connectivity index (χ0v) is 8.95. The number of ether oxygens (including phenoxy) is 1. The van der Waals surface area contributed by atoms with Crippen LogP contribution in [0.1, 0.15) is 26.7 Å². The fourth-order valence-electron chi connectivity index (χ4n) is 1.09. The molecule has 0 bridgehead atoms. The highest BCUT2D eigenvalue weighted by molar-refractivity contribution is 5.80. The van der Waals surface area contributed by atoms with Crippen LogP contribution in [0.3, 0.4) is 0 Å². The Morgan fingerprint density at radius 1 is 1.64 bits per heavy atom. The molecular formula is C10H20N2O2. The largest absolute Gasteiger partial charge is 0.368 e. The van der Waals surface area contributed by atoms with Crippen molar-refractivity contribution >= 4 is 5.91 Å². The van der Waals surface area contributed by atoms with E-state index in [9.17, 15) is 4.79 Å². The third kappa shape index (κ3) is 4.99. The summed E-state index contributed by atoms with van der Waals surface area (Å²) in [5, 5.41) is 0. The Morgan fingerprint density at radius 2 is 2.29 bits per heavy atom. The summed E-state index contributed by atoms with van der Waals surface area (Å²) in [6.07, 6.45) is 3.15. The van der Waals surface area contributed by atoms with Gasteiger partial charge in [0.15, 0.2) is 0 Å². The number of carbonyl (C=O) groups is 1. The van der Waals surface area contributed by atoms with E-state index < -0.39 is 6.10 Å². The summed E-state index contributed by atoms with van der Waals surface area (Å²) in [7, 11) is 0. The third-order valence-electron chi connectivity index (χ3n) is 1.86. The number of nitrogens with two attached hydrogens (primary N) is 1. The molecule has 82 valence electrons. The second-order valence-electron chi connectivity index (χ2n) is 3.47. The van der Waals surface area contributed by atoms with Gasteiger partial charge in [0.25, 0.3) is 5.91 Å². The van der Waals surface area contributed by atoms with E-state index in [4.69, 9.17) is 10.6 Å². The molecule has 0 aliphatic carbocycles. The molecule has 4 nitrogen and oxygen atoms in total. The molecule has 1 atom stereocenters. The fourth-order valence-corrected chi connectivity index (χ4v) is 1.09. The van der Waals surface area contributed by atoms with Crippen LogP contribution in [0.25, 0.3) is 0 Å². The van der Waals surface area contributed by atoms with Gasteiger partial charge in [-0.05, 0) is 18.8 Å². The Morgan fingerprint density at radius 3 is 2.71 bits per heavy atom. The van der Waals surface area contributed by atoms with Gasteiger partial charge in [0, 0.05) is 6.61 Å². The number of allylic oxidation sites excluding steroid dienone is 1. The first-order chi connectivity index (χ1) is 6.63. The molecule has 4 heteroatoms. The number of carbonyl (C=O) groups excluding carboxylic acids is 1. The first kappa shape index (κ1) is 13.1. The molecule has 14 heavy (non-hydrogen) atoms. The van der Waals surface area contributed by atoms with Gasteiger partial charge >= 0.3 is 0 Å². The summed E-state index contributed by atoms with van der Waals surface area (Å²) in [6.45, 7) is 8.01. The second-order valence-corrected chi connectivity index (χ2v) is 3.47. The van der Waals surface area contributed by atoms with Crippen molar-refractivity contribution in [3.63, 3.8) is 0 Å². The number of nitrogens with one attached hydrogen (secondary N) is 1. The maximum absolute atomic E-state index is 11.2. The highest BCUT2D eigenvalue weighted by Crippen LogP contribution is 2.07. The molecule has 0 aliphatic rings.